The number of hydrogen-bond acceptors (Lipinski definition) is 3. The van der Waals surface area contributed by atoms with Crippen LogP contribution >= 0.6 is 0 Å². The molecule has 3 nitrogen and oxygen atoms in total. The summed E-state index contributed by atoms with van der Waals surface area (Å²) in [4.78, 5) is 12.2. The molecule has 2 aromatic carbocycles. The van der Waals surface area contributed by atoms with Gasteiger partial charge in [0.1, 0.15) is 11.9 Å². The fourth-order valence-corrected chi connectivity index (χ4v) is 2.73. The first-order valence-corrected chi connectivity index (χ1v) is 8.63. The highest BCUT2D eigenvalue weighted by Crippen LogP contribution is 2.30. The lowest BCUT2D eigenvalue weighted by molar-refractivity contribution is 0.0451. The molecular weight excluding hydrogens is 300 g/mol. The Morgan fingerprint density at radius 3 is 2.33 bits per heavy atom. The van der Waals surface area contributed by atoms with Crippen molar-refractivity contribution in [2.24, 2.45) is 5.92 Å². The van der Waals surface area contributed by atoms with Gasteiger partial charge in [-0.2, -0.15) is 0 Å². The molecular formula is C21H26O3. The monoisotopic (exact) mass is 326 g/mol. The van der Waals surface area contributed by atoms with Crippen LogP contribution in [-0.2, 0) is 4.74 Å². The third-order valence-corrected chi connectivity index (χ3v) is 3.77. The van der Waals surface area contributed by atoms with Crippen LogP contribution in [0.3, 0.4) is 0 Å². The van der Waals surface area contributed by atoms with Crippen LogP contribution in [0, 0.1) is 5.92 Å². The normalized spacial score (nSPS) is 12.0. The molecule has 0 saturated carbocycles. The van der Waals surface area contributed by atoms with Crippen LogP contribution in [0.1, 0.15) is 40.0 Å². The summed E-state index contributed by atoms with van der Waals surface area (Å²) in [5, 5.41) is 0. The van der Waals surface area contributed by atoms with E-state index in [9.17, 15) is 4.79 Å². The zero-order valence-electron chi connectivity index (χ0n) is 14.7. The van der Waals surface area contributed by atoms with Gasteiger partial charge in [-0.15, -0.1) is 0 Å². The maximum Gasteiger partial charge on any atom is 0.514 e. The standard InChI is InChI=1S/C21H26O3/c1-4-10-18(15-16(2)3)23-21(22)24-20-14-9-8-13-19(20)17-11-6-5-7-12-17/h5-9,11-14,16,18H,4,10,15H2,1-3H3. The molecule has 0 bridgehead atoms. The number of benzene rings is 2. The molecule has 0 amide bonds. The van der Waals surface area contributed by atoms with Crippen LogP contribution in [-0.4, -0.2) is 12.3 Å². The Kier molecular flexibility index (Phi) is 6.86. The van der Waals surface area contributed by atoms with Gasteiger partial charge >= 0.3 is 6.16 Å². The highest BCUT2D eigenvalue weighted by Gasteiger charge is 2.18. The van der Waals surface area contributed by atoms with E-state index in [1.165, 1.54) is 0 Å². The highest BCUT2D eigenvalue weighted by atomic mass is 16.7. The van der Waals surface area contributed by atoms with Crippen molar-refractivity contribution in [1.82, 2.24) is 0 Å². The third kappa shape index (κ3) is 5.41. The molecule has 0 heterocycles. The van der Waals surface area contributed by atoms with Gasteiger partial charge in [-0.3, -0.25) is 0 Å². The van der Waals surface area contributed by atoms with Gasteiger partial charge in [-0.1, -0.05) is 75.7 Å². The van der Waals surface area contributed by atoms with Crippen molar-refractivity contribution < 1.29 is 14.3 Å². The molecule has 0 aliphatic rings. The van der Waals surface area contributed by atoms with E-state index in [-0.39, 0.29) is 6.10 Å². The van der Waals surface area contributed by atoms with Gasteiger partial charge in [0.2, 0.25) is 0 Å². The molecule has 128 valence electrons. The molecule has 0 aliphatic carbocycles. The van der Waals surface area contributed by atoms with Gasteiger partial charge in [-0.05, 0) is 30.4 Å². The molecule has 2 aromatic rings. The Labute approximate surface area is 144 Å². The van der Waals surface area contributed by atoms with Gasteiger partial charge < -0.3 is 9.47 Å². The summed E-state index contributed by atoms with van der Waals surface area (Å²) < 4.78 is 11.0. The minimum atomic E-state index is -0.627. The average Bonchev–Trinajstić information content (AvgIpc) is 2.55. The second kappa shape index (κ2) is 9.11. The van der Waals surface area contributed by atoms with Crippen LogP contribution < -0.4 is 4.74 Å². The van der Waals surface area contributed by atoms with Crippen molar-refractivity contribution >= 4 is 6.16 Å². The van der Waals surface area contributed by atoms with E-state index in [1.807, 2.05) is 48.5 Å². The maximum atomic E-state index is 12.2. The Bertz CT molecular complexity index is 635. The number of rotatable bonds is 7. The Morgan fingerprint density at radius 1 is 1.00 bits per heavy atom. The molecule has 2 rings (SSSR count). The molecule has 0 spiro atoms. The third-order valence-electron chi connectivity index (χ3n) is 3.77. The zero-order chi connectivity index (χ0) is 17.4. The van der Waals surface area contributed by atoms with E-state index in [0.29, 0.717) is 11.7 Å². The SMILES string of the molecule is CCCC(CC(C)C)OC(=O)Oc1ccccc1-c1ccccc1. The maximum absolute atomic E-state index is 12.2. The summed E-state index contributed by atoms with van der Waals surface area (Å²) in [6.07, 6.45) is 1.96. The van der Waals surface area contributed by atoms with Gasteiger partial charge in [-0.25, -0.2) is 4.79 Å². The minimum Gasteiger partial charge on any atom is -0.431 e. The van der Waals surface area contributed by atoms with Crippen LogP contribution in [0.25, 0.3) is 11.1 Å². The molecule has 0 saturated heterocycles. The van der Waals surface area contributed by atoms with Crippen LogP contribution in [0.4, 0.5) is 4.79 Å². The van der Waals surface area contributed by atoms with E-state index in [2.05, 4.69) is 20.8 Å². The number of hydrogen-bond donors (Lipinski definition) is 0. The van der Waals surface area contributed by atoms with Crippen LogP contribution in [0.2, 0.25) is 0 Å². The summed E-state index contributed by atoms with van der Waals surface area (Å²) in [6.45, 7) is 6.34. The van der Waals surface area contributed by atoms with Gasteiger partial charge in [0, 0.05) is 5.56 Å². The van der Waals surface area contributed by atoms with Crippen LogP contribution in [0.15, 0.2) is 54.6 Å². The first-order valence-electron chi connectivity index (χ1n) is 8.63. The summed E-state index contributed by atoms with van der Waals surface area (Å²) in [6, 6.07) is 17.4. The van der Waals surface area contributed by atoms with E-state index in [1.54, 1.807) is 6.07 Å². The Balaban J connectivity index is 2.09. The number of carbonyl (C=O) groups excluding carboxylic acids is 1. The predicted octanol–water partition coefficient (Wildman–Crippen LogP) is 6.08. The van der Waals surface area contributed by atoms with Gasteiger partial charge in [0.25, 0.3) is 0 Å². The lowest BCUT2D eigenvalue weighted by Gasteiger charge is -2.19. The van der Waals surface area contributed by atoms with E-state index in [4.69, 9.17) is 9.47 Å². The lowest BCUT2D eigenvalue weighted by Crippen LogP contribution is -2.22. The van der Waals surface area contributed by atoms with Crippen LogP contribution in [0.5, 0.6) is 5.75 Å². The van der Waals surface area contributed by atoms with E-state index < -0.39 is 6.16 Å². The first kappa shape index (κ1) is 18.1. The summed E-state index contributed by atoms with van der Waals surface area (Å²) in [5.74, 6) is 0.999. The smallest absolute Gasteiger partial charge is 0.431 e. The number of ether oxygens (including phenoxy) is 2. The second-order valence-electron chi connectivity index (χ2n) is 6.37. The van der Waals surface area contributed by atoms with Crippen molar-refractivity contribution in [3.05, 3.63) is 54.6 Å². The van der Waals surface area contributed by atoms with Crippen molar-refractivity contribution in [2.45, 2.75) is 46.1 Å². The lowest BCUT2D eigenvalue weighted by atomic mass is 10.0. The van der Waals surface area contributed by atoms with E-state index in [0.717, 1.165) is 30.4 Å². The summed E-state index contributed by atoms with van der Waals surface area (Å²) in [7, 11) is 0. The summed E-state index contributed by atoms with van der Waals surface area (Å²) >= 11 is 0. The minimum absolute atomic E-state index is 0.0913. The largest absolute Gasteiger partial charge is 0.514 e. The molecule has 0 aromatic heterocycles. The van der Waals surface area contributed by atoms with E-state index >= 15 is 0 Å². The topological polar surface area (TPSA) is 35.5 Å². The fourth-order valence-electron chi connectivity index (χ4n) is 2.73. The molecule has 3 heteroatoms. The molecule has 0 N–H and O–H groups in total. The van der Waals surface area contributed by atoms with Gasteiger partial charge in [0.15, 0.2) is 0 Å². The molecule has 0 aliphatic heterocycles. The molecule has 1 atom stereocenters. The van der Waals surface area contributed by atoms with Crippen molar-refractivity contribution in [2.75, 3.05) is 0 Å². The highest BCUT2D eigenvalue weighted by molar-refractivity contribution is 5.74. The quantitative estimate of drug-likeness (QED) is 0.456. The molecule has 0 fully saturated rings. The predicted molar refractivity (Wildman–Crippen MR) is 97.1 cm³/mol. The van der Waals surface area contributed by atoms with Crippen molar-refractivity contribution in [1.29, 1.82) is 0 Å². The van der Waals surface area contributed by atoms with Gasteiger partial charge in [0.05, 0.1) is 0 Å². The average molecular weight is 326 g/mol. The number of para-hydroxylation sites is 1. The number of carbonyl (C=O) groups is 1. The zero-order valence-corrected chi connectivity index (χ0v) is 14.7. The molecule has 0 radical (unpaired) electrons. The Hall–Kier alpha value is -2.29. The Morgan fingerprint density at radius 2 is 1.67 bits per heavy atom. The fraction of sp³-hybridized carbons (Fsp3) is 0.381. The van der Waals surface area contributed by atoms with Crippen molar-refractivity contribution in [3.63, 3.8) is 0 Å². The second-order valence-corrected chi connectivity index (χ2v) is 6.37. The first-order chi connectivity index (χ1) is 11.6. The molecule has 1 unspecified atom stereocenters. The molecule has 24 heavy (non-hydrogen) atoms. The van der Waals surface area contributed by atoms with Crippen molar-refractivity contribution in [3.8, 4) is 16.9 Å². The summed E-state index contributed by atoms with van der Waals surface area (Å²) in [5.41, 5.74) is 1.89.